The summed E-state index contributed by atoms with van der Waals surface area (Å²) < 4.78 is 23.4. The van der Waals surface area contributed by atoms with Gasteiger partial charge < -0.3 is 28.8 Å². The highest BCUT2D eigenvalue weighted by Gasteiger charge is 2.24. The normalized spacial score (nSPS) is 13.7. The zero-order valence-electron chi connectivity index (χ0n) is 50.1. The molecule has 1 amide bonds. The second-order valence-electron chi connectivity index (χ2n) is 24.2. The van der Waals surface area contributed by atoms with Gasteiger partial charge in [-0.05, 0) is 12.8 Å². The molecule has 0 spiro atoms. The third kappa shape index (κ3) is 59.0. The number of rotatable bonds is 62. The van der Waals surface area contributed by atoms with Crippen LogP contribution in [0.2, 0.25) is 0 Å². The average molecular weight is 1060 g/mol. The Morgan fingerprint density at radius 2 is 0.671 bits per heavy atom. The van der Waals surface area contributed by atoms with Gasteiger partial charge in [-0.15, -0.1) is 0 Å². The van der Waals surface area contributed by atoms with Crippen molar-refractivity contribution in [3.05, 3.63) is 0 Å². The molecule has 0 rings (SSSR count). The zero-order valence-corrected chi connectivity index (χ0v) is 51.0. The molecule has 438 valence electrons. The summed E-state index contributed by atoms with van der Waals surface area (Å²) in [5.41, 5.74) is 0. The van der Waals surface area contributed by atoms with Crippen molar-refractivity contribution in [3.63, 3.8) is 0 Å². The van der Waals surface area contributed by atoms with Crippen molar-refractivity contribution in [2.24, 2.45) is 0 Å². The second-order valence-corrected chi connectivity index (χ2v) is 25.6. The first kappa shape index (κ1) is 72.5. The first-order valence-corrected chi connectivity index (χ1v) is 34.3. The van der Waals surface area contributed by atoms with E-state index in [-0.39, 0.29) is 19.1 Å². The maximum Gasteiger partial charge on any atom is 0.268 e. The fourth-order valence-electron chi connectivity index (χ4n) is 10.5. The molecule has 0 aromatic heterocycles. The SMILES string of the molecule is CCCCCCCCCCCCCCCCCCCCCCCCCCCCCCCCCCCCCCCCCC(=O)NC(COP(=O)([O-])OCC[N+](C)(C)C)C(O)CCCCCCCCCCCCCC. The predicted molar refractivity (Wildman–Crippen MR) is 316 cm³/mol. The zero-order chi connectivity index (χ0) is 53.5. The van der Waals surface area contributed by atoms with E-state index in [2.05, 4.69) is 19.2 Å². The third-order valence-electron chi connectivity index (χ3n) is 15.6. The molecule has 3 atom stereocenters. The van der Waals surface area contributed by atoms with Crippen molar-refractivity contribution >= 4 is 13.7 Å². The van der Waals surface area contributed by atoms with Crippen molar-refractivity contribution in [3.8, 4) is 0 Å². The summed E-state index contributed by atoms with van der Waals surface area (Å²) in [4.78, 5) is 25.5. The molecule has 0 aromatic carbocycles. The predicted octanol–water partition coefficient (Wildman–Crippen LogP) is 19.8. The Morgan fingerprint density at radius 3 is 0.932 bits per heavy atom. The van der Waals surface area contributed by atoms with Crippen LogP contribution in [-0.2, 0) is 18.4 Å². The van der Waals surface area contributed by atoms with Crippen LogP contribution in [0.4, 0.5) is 0 Å². The van der Waals surface area contributed by atoms with E-state index in [1.165, 1.54) is 289 Å². The largest absolute Gasteiger partial charge is 0.756 e. The molecule has 0 saturated heterocycles. The second kappa shape index (κ2) is 56.2. The summed E-state index contributed by atoms with van der Waals surface area (Å²) >= 11 is 0. The molecule has 0 radical (unpaired) electrons. The van der Waals surface area contributed by atoms with Crippen molar-refractivity contribution < 1.29 is 32.9 Å². The highest BCUT2D eigenvalue weighted by molar-refractivity contribution is 7.45. The smallest absolute Gasteiger partial charge is 0.268 e. The van der Waals surface area contributed by atoms with Crippen molar-refractivity contribution in [1.29, 1.82) is 0 Å². The van der Waals surface area contributed by atoms with E-state index in [1.54, 1.807) is 0 Å². The summed E-state index contributed by atoms with van der Waals surface area (Å²) in [6, 6.07) is -0.794. The topological polar surface area (TPSA) is 108 Å². The van der Waals surface area contributed by atoms with Gasteiger partial charge in [0.2, 0.25) is 5.91 Å². The number of carbonyl (C=O) groups excluding carboxylic acids is 1. The molecule has 2 N–H and O–H groups in total. The molecule has 0 aromatic rings. The monoisotopic (exact) mass is 1050 g/mol. The number of phosphoric ester groups is 1. The molecule has 8 nitrogen and oxygen atoms in total. The van der Waals surface area contributed by atoms with Gasteiger partial charge in [0.25, 0.3) is 7.82 Å². The number of carbonyl (C=O) groups is 1. The number of unbranched alkanes of at least 4 members (excludes halogenated alkanes) is 49. The Labute approximate surface area is 457 Å². The third-order valence-corrected chi connectivity index (χ3v) is 16.6. The van der Waals surface area contributed by atoms with Crippen LogP contribution >= 0.6 is 7.82 Å². The summed E-state index contributed by atoms with van der Waals surface area (Å²) in [5.74, 6) is -0.157. The minimum absolute atomic E-state index is 0.0164. The van der Waals surface area contributed by atoms with E-state index in [0.29, 0.717) is 23.9 Å². The molecule has 9 heteroatoms. The van der Waals surface area contributed by atoms with Gasteiger partial charge in [-0.3, -0.25) is 9.36 Å². The Kier molecular flexibility index (Phi) is 55.8. The van der Waals surface area contributed by atoms with E-state index in [1.807, 2.05) is 21.1 Å². The van der Waals surface area contributed by atoms with Crippen LogP contribution in [0.1, 0.15) is 354 Å². The fourth-order valence-corrected chi connectivity index (χ4v) is 11.2. The van der Waals surface area contributed by atoms with Crippen LogP contribution in [0.25, 0.3) is 0 Å². The maximum atomic E-state index is 13.0. The van der Waals surface area contributed by atoms with Gasteiger partial charge in [0, 0.05) is 6.42 Å². The molecular formula is C64H131N2O6P. The quantitative estimate of drug-likeness (QED) is 0.0357. The number of aliphatic hydroxyl groups is 1. The fraction of sp³-hybridized carbons (Fsp3) is 0.984. The van der Waals surface area contributed by atoms with Crippen molar-refractivity contribution in [2.75, 3.05) is 40.9 Å². The summed E-state index contributed by atoms with van der Waals surface area (Å²) in [6.45, 7) is 4.77. The van der Waals surface area contributed by atoms with Crippen molar-refractivity contribution in [2.45, 2.75) is 366 Å². The Morgan fingerprint density at radius 1 is 0.425 bits per heavy atom. The number of aliphatic hydroxyl groups excluding tert-OH is 1. The Balaban J connectivity index is 3.77. The van der Waals surface area contributed by atoms with Gasteiger partial charge in [-0.25, -0.2) is 0 Å². The van der Waals surface area contributed by atoms with Crippen LogP contribution in [-0.4, -0.2) is 68.5 Å². The molecule has 0 aliphatic rings. The molecule has 3 unspecified atom stereocenters. The molecule has 73 heavy (non-hydrogen) atoms. The van der Waals surface area contributed by atoms with E-state index >= 15 is 0 Å². The number of hydrogen-bond donors (Lipinski definition) is 2. The van der Waals surface area contributed by atoms with Gasteiger partial charge >= 0.3 is 0 Å². The van der Waals surface area contributed by atoms with Crippen LogP contribution < -0.4 is 10.2 Å². The van der Waals surface area contributed by atoms with E-state index in [9.17, 15) is 19.4 Å². The highest BCUT2D eigenvalue weighted by Crippen LogP contribution is 2.38. The van der Waals surface area contributed by atoms with Crippen LogP contribution in [0.5, 0.6) is 0 Å². The van der Waals surface area contributed by atoms with E-state index in [0.717, 1.165) is 38.5 Å². The molecule has 0 heterocycles. The average Bonchev–Trinajstić information content (AvgIpc) is 3.35. The van der Waals surface area contributed by atoms with Crippen LogP contribution in [0.15, 0.2) is 0 Å². The number of phosphoric acid groups is 1. The summed E-state index contributed by atoms with van der Waals surface area (Å²) in [6.07, 6.45) is 69.1. The summed E-state index contributed by atoms with van der Waals surface area (Å²) in [5, 5.41) is 14.0. The lowest BCUT2D eigenvalue weighted by Gasteiger charge is -2.30. The number of likely N-dealkylation sites (N-methyl/N-ethyl adjacent to an activating group) is 1. The molecule has 0 aliphatic carbocycles. The highest BCUT2D eigenvalue weighted by atomic mass is 31.2. The van der Waals surface area contributed by atoms with Crippen LogP contribution in [0, 0.1) is 0 Å². The number of quaternary nitrogens is 1. The van der Waals surface area contributed by atoms with Gasteiger partial charge in [0.1, 0.15) is 13.2 Å². The van der Waals surface area contributed by atoms with Gasteiger partial charge in [-0.2, -0.15) is 0 Å². The molecule has 0 aliphatic heterocycles. The van der Waals surface area contributed by atoms with Crippen molar-refractivity contribution in [1.82, 2.24) is 5.32 Å². The molecule has 0 bridgehead atoms. The minimum Gasteiger partial charge on any atom is -0.756 e. The first-order chi connectivity index (χ1) is 35.5. The standard InChI is InChI=1S/C64H131N2O6P/c1-6-8-10-12-14-16-18-20-21-22-23-24-25-26-27-28-29-30-31-32-33-34-35-36-37-38-39-40-41-42-43-44-45-46-48-50-52-54-56-58-64(68)65-62(61-72-73(69,70)71-60-59-66(3,4)5)63(67)57-55-53-51-49-47-19-17-15-13-11-9-7-2/h62-63,67H,6-61H2,1-5H3,(H-,65,68,69,70). The van der Waals surface area contributed by atoms with Gasteiger partial charge in [0.05, 0.1) is 39.9 Å². The number of amides is 1. The maximum absolute atomic E-state index is 13.0. The van der Waals surface area contributed by atoms with Gasteiger partial charge in [0.15, 0.2) is 0 Å². The van der Waals surface area contributed by atoms with Crippen LogP contribution in [0.3, 0.4) is 0 Å². The number of nitrogens with zero attached hydrogens (tertiary/aromatic N) is 1. The van der Waals surface area contributed by atoms with E-state index < -0.39 is 20.0 Å². The molecule has 0 saturated carbocycles. The lowest BCUT2D eigenvalue weighted by Crippen LogP contribution is -2.46. The van der Waals surface area contributed by atoms with Gasteiger partial charge in [-0.1, -0.05) is 335 Å². The van der Waals surface area contributed by atoms with E-state index in [4.69, 9.17) is 9.05 Å². The number of nitrogens with one attached hydrogen (secondary N) is 1. The molecular weight excluding hydrogens is 924 g/mol. The Bertz CT molecular complexity index is 1150. The molecule has 0 fully saturated rings. The lowest BCUT2D eigenvalue weighted by molar-refractivity contribution is -0.870. The first-order valence-electron chi connectivity index (χ1n) is 32.9. The lowest BCUT2D eigenvalue weighted by atomic mass is 10.0. The number of hydrogen-bond acceptors (Lipinski definition) is 6. The summed E-state index contributed by atoms with van der Waals surface area (Å²) in [7, 11) is 1.32. The Hall–Kier alpha value is -0.500. The minimum atomic E-state index is -4.56.